The molecule has 0 spiro atoms. The summed E-state index contributed by atoms with van der Waals surface area (Å²) >= 11 is 0. The van der Waals surface area contributed by atoms with Crippen LogP contribution in [0.2, 0.25) is 0 Å². The molecule has 138 valence electrons. The molecule has 1 saturated heterocycles. The number of aryl methyl sites for hydroxylation is 1. The number of anilines is 1. The summed E-state index contributed by atoms with van der Waals surface area (Å²) in [5, 5.41) is 4.57. The third kappa shape index (κ3) is 3.27. The first-order chi connectivity index (χ1) is 12.8. The number of hydrogen-bond donors (Lipinski definition) is 2. The molecule has 26 heavy (non-hydrogen) atoms. The Hall–Kier alpha value is -2.18. The molecular formula is C20H28N6. The van der Waals surface area contributed by atoms with Gasteiger partial charge < -0.3 is 15.6 Å². The van der Waals surface area contributed by atoms with Gasteiger partial charge in [-0.3, -0.25) is 4.90 Å². The lowest BCUT2D eigenvalue weighted by Crippen LogP contribution is -2.44. The highest BCUT2D eigenvalue weighted by Crippen LogP contribution is 2.29. The number of rotatable bonds is 6. The van der Waals surface area contributed by atoms with Gasteiger partial charge in [0.2, 0.25) is 0 Å². The second-order valence-electron chi connectivity index (χ2n) is 7.09. The minimum absolute atomic E-state index is 0.539. The Balaban J connectivity index is 1.78. The second-order valence-corrected chi connectivity index (χ2v) is 7.09. The van der Waals surface area contributed by atoms with Crippen LogP contribution in [0.15, 0.2) is 24.3 Å². The van der Waals surface area contributed by atoms with Crippen LogP contribution in [0.5, 0.6) is 0 Å². The predicted molar refractivity (Wildman–Crippen MR) is 107 cm³/mol. The maximum absolute atomic E-state index is 6.27. The van der Waals surface area contributed by atoms with Crippen molar-refractivity contribution in [1.82, 2.24) is 24.8 Å². The van der Waals surface area contributed by atoms with Gasteiger partial charge in [-0.15, -0.1) is 0 Å². The number of nitrogens with zero attached hydrogens (tertiary/aromatic N) is 4. The molecular weight excluding hydrogens is 324 g/mol. The van der Waals surface area contributed by atoms with E-state index in [4.69, 9.17) is 10.7 Å². The minimum atomic E-state index is 0.539. The smallest absolute Gasteiger partial charge is 0.152 e. The average Bonchev–Trinajstić information content (AvgIpc) is 3.05. The van der Waals surface area contributed by atoms with Crippen molar-refractivity contribution in [2.45, 2.75) is 32.7 Å². The van der Waals surface area contributed by atoms with Crippen LogP contribution in [0.3, 0.4) is 0 Å². The summed E-state index contributed by atoms with van der Waals surface area (Å²) in [6, 6.07) is 8.25. The van der Waals surface area contributed by atoms with E-state index in [1.165, 1.54) is 0 Å². The standard InChI is InChI=1S/C20H28N6/c1-2-3-8-17-24-18-19(15-6-4-5-7-16(15)23-20(18)21)26(17)14-13-25-11-9-22-10-12-25/h4-7,22H,2-3,8-14H2,1H3,(H2,21,23). The van der Waals surface area contributed by atoms with Crippen LogP contribution in [0.25, 0.3) is 21.9 Å². The fraction of sp³-hybridized carbons (Fsp3) is 0.500. The summed E-state index contributed by atoms with van der Waals surface area (Å²) in [6.45, 7) is 8.59. The molecule has 2 aromatic heterocycles. The molecule has 1 fully saturated rings. The van der Waals surface area contributed by atoms with Crippen LogP contribution in [0.4, 0.5) is 5.82 Å². The molecule has 1 aliphatic rings. The monoisotopic (exact) mass is 352 g/mol. The fourth-order valence-corrected chi connectivity index (χ4v) is 3.85. The molecule has 0 atom stereocenters. The number of nitrogens with one attached hydrogen (secondary N) is 1. The average molecular weight is 352 g/mol. The van der Waals surface area contributed by atoms with Crippen molar-refractivity contribution in [2.24, 2.45) is 0 Å². The molecule has 3 aromatic rings. The van der Waals surface area contributed by atoms with E-state index in [0.717, 1.165) is 86.3 Å². The number of benzene rings is 1. The Kier molecular flexibility index (Phi) is 5.04. The van der Waals surface area contributed by atoms with Crippen molar-refractivity contribution < 1.29 is 0 Å². The van der Waals surface area contributed by atoms with E-state index >= 15 is 0 Å². The first kappa shape index (κ1) is 17.2. The van der Waals surface area contributed by atoms with Crippen LogP contribution in [0.1, 0.15) is 25.6 Å². The topological polar surface area (TPSA) is 72.0 Å². The zero-order valence-electron chi connectivity index (χ0n) is 15.5. The second kappa shape index (κ2) is 7.60. The lowest BCUT2D eigenvalue weighted by atomic mass is 10.2. The number of pyridine rings is 1. The van der Waals surface area contributed by atoms with Crippen molar-refractivity contribution >= 4 is 27.8 Å². The highest BCUT2D eigenvalue weighted by atomic mass is 15.2. The Morgan fingerprint density at radius 3 is 2.73 bits per heavy atom. The van der Waals surface area contributed by atoms with Gasteiger partial charge in [0.15, 0.2) is 5.82 Å². The number of hydrogen-bond acceptors (Lipinski definition) is 5. The number of para-hydroxylation sites is 1. The van der Waals surface area contributed by atoms with E-state index in [-0.39, 0.29) is 0 Å². The van der Waals surface area contributed by atoms with Crippen LogP contribution < -0.4 is 11.1 Å². The highest BCUT2D eigenvalue weighted by Gasteiger charge is 2.18. The Labute approximate surface area is 154 Å². The van der Waals surface area contributed by atoms with Crippen molar-refractivity contribution in [3.63, 3.8) is 0 Å². The molecule has 1 aliphatic heterocycles. The molecule has 0 bridgehead atoms. The highest BCUT2D eigenvalue weighted by molar-refractivity contribution is 6.06. The van der Waals surface area contributed by atoms with Gasteiger partial charge in [0, 0.05) is 51.1 Å². The number of nitrogens with two attached hydrogens (primary N) is 1. The van der Waals surface area contributed by atoms with Crippen molar-refractivity contribution in [3.05, 3.63) is 30.1 Å². The molecule has 6 heteroatoms. The van der Waals surface area contributed by atoms with E-state index in [2.05, 4.69) is 38.8 Å². The normalized spacial score (nSPS) is 15.9. The molecule has 1 aromatic carbocycles. The number of imidazole rings is 1. The summed E-state index contributed by atoms with van der Waals surface area (Å²) in [5.41, 5.74) is 9.22. The third-order valence-electron chi connectivity index (χ3n) is 5.29. The molecule has 0 saturated carbocycles. The van der Waals surface area contributed by atoms with E-state index in [0.29, 0.717) is 5.82 Å². The Morgan fingerprint density at radius 2 is 1.92 bits per heavy atom. The van der Waals surface area contributed by atoms with Gasteiger partial charge >= 0.3 is 0 Å². The summed E-state index contributed by atoms with van der Waals surface area (Å²) < 4.78 is 2.40. The van der Waals surface area contributed by atoms with E-state index in [1.807, 2.05) is 12.1 Å². The Morgan fingerprint density at radius 1 is 1.12 bits per heavy atom. The van der Waals surface area contributed by atoms with Crippen LogP contribution in [-0.2, 0) is 13.0 Å². The Bertz CT molecular complexity index is 894. The first-order valence-corrected chi connectivity index (χ1v) is 9.74. The molecule has 3 N–H and O–H groups in total. The summed E-state index contributed by atoms with van der Waals surface area (Å²) in [5.74, 6) is 1.68. The lowest BCUT2D eigenvalue weighted by molar-refractivity contribution is 0.232. The van der Waals surface area contributed by atoms with Crippen LogP contribution in [-0.4, -0.2) is 52.2 Å². The number of nitrogen functional groups attached to an aromatic ring is 1. The molecule has 0 unspecified atom stereocenters. The molecule has 0 aliphatic carbocycles. The molecule has 6 nitrogen and oxygen atoms in total. The van der Waals surface area contributed by atoms with Crippen molar-refractivity contribution in [3.8, 4) is 0 Å². The molecule has 0 radical (unpaired) electrons. The molecule has 4 rings (SSSR count). The zero-order chi connectivity index (χ0) is 17.9. The first-order valence-electron chi connectivity index (χ1n) is 9.74. The van der Waals surface area contributed by atoms with Gasteiger partial charge in [0.1, 0.15) is 11.3 Å². The number of fused-ring (bicyclic) bond motifs is 3. The zero-order valence-corrected chi connectivity index (χ0v) is 15.5. The predicted octanol–water partition coefficient (Wildman–Crippen LogP) is 2.41. The fourth-order valence-electron chi connectivity index (χ4n) is 3.85. The van der Waals surface area contributed by atoms with Gasteiger partial charge in [-0.1, -0.05) is 31.5 Å². The van der Waals surface area contributed by atoms with E-state index in [1.54, 1.807) is 0 Å². The van der Waals surface area contributed by atoms with E-state index in [9.17, 15) is 0 Å². The lowest BCUT2D eigenvalue weighted by Gasteiger charge is -2.27. The van der Waals surface area contributed by atoms with Gasteiger partial charge in [-0.25, -0.2) is 9.97 Å². The van der Waals surface area contributed by atoms with Crippen LogP contribution >= 0.6 is 0 Å². The summed E-state index contributed by atoms with van der Waals surface area (Å²) in [4.78, 5) is 12.0. The number of piperazine rings is 1. The summed E-state index contributed by atoms with van der Waals surface area (Å²) in [7, 11) is 0. The van der Waals surface area contributed by atoms with Crippen molar-refractivity contribution in [2.75, 3.05) is 38.5 Å². The maximum Gasteiger partial charge on any atom is 0.152 e. The quantitative estimate of drug-likeness (QED) is 0.713. The van der Waals surface area contributed by atoms with Gasteiger partial charge in [0.25, 0.3) is 0 Å². The number of unbranched alkanes of at least 4 members (excludes halogenated alkanes) is 1. The van der Waals surface area contributed by atoms with Gasteiger partial charge in [0.05, 0.1) is 11.0 Å². The maximum atomic E-state index is 6.27. The minimum Gasteiger partial charge on any atom is -0.382 e. The molecule has 3 heterocycles. The van der Waals surface area contributed by atoms with Crippen molar-refractivity contribution in [1.29, 1.82) is 0 Å². The van der Waals surface area contributed by atoms with Gasteiger partial charge in [-0.05, 0) is 12.5 Å². The van der Waals surface area contributed by atoms with E-state index < -0.39 is 0 Å². The number of aromatic nitrogens is 3. The summed E-state index contributed by atoms with van der Waals surface area (Å²) in [6.07, 6.45) is 3.29. The largest absolute Gasteiger partial charge is 0.382 e. The van der Waals surface area contributed by atoms with Crippen LogP contribution in [0, 0.1) is 0 Å². The van der Waals surface area contributed by atoms with Gasteiger partial charge in [-0.2, -0.15) is 0 Å². The SMILES string of the molecule is CCCCc1nc2c(N)nc3ccccc3c2n1CCN1CCNCC1. The third-order valence-corrected chi connectivity index (χ3v) is 5.29. The molecule has 0 amide bonds.